The fourth-order valence-corrected chi connectivity index (χ4v) is 4.01. The van der Waals surface area contributed by atoms with Gasteiger partial charge in [0.1, 0.15) is 10.8 Å². The summed E-state index contributed by atoms with van der Waals surface area (Å²) in [5, 5.41) is 11.0. The highest BCUT2D eigenvalue weighted by Crippen LogP contribution is 2.37. The van der Waals surface area contributed by atoms with Crippen molar-refractivity contribution >= 4 is 39.6 Å². The van der Waals surface area contributed by atoms with Crippen molar-refractivity contribution in [2.24, 2.45) is 4.99 Å². The van der Waals surface area contributed by atoms with Crippen LogP contribution in [0.5, 0.6) is 0 Å². The number of thiophene rings is 1. The van der Waals surface area contributed by atoms with Crippen LogP contribution in [0.15, 0.2) is 34.8 Å². The van der Waals surface area contributed by atoms with Crippen LogP contribution >= 0.6 is 11.3 Å². The highest BCUT2D eigenvalue weighted by atomic mass is 32.1. The number of aliphatic imine (C=N–C) groups is 1. The number of rotatable bonds is 4. The summed E-state index contributed by atoms with van der Waals surface area (Å²) in [7, 11) is 0. The Morgan fingerprint density at radius 1 is 1.23 bits per heavy atom. The number of benzene rings is 1. The smallest absolute Gasteiger partial charge is 0.341 e. The zero-order valence-corrected chi connectivity index (χ0v) is 15.9. The summed E-state index contributed by atoms with van der Waals surface area (Å²) < 4.78 is 5.13. The zero-order valence-electron chi connectivity index (χ0n) is 15.0. The Kier molecular flexibility index (Phi) is 4.78. The van der Waals surface area contributed by atoms with E-state index in [0.29, 0.717) is 27.4 Å². The van der Waals surface area contributed by atoms with Gasteiger partial charge in [-0.1, -0.05) is 24.3 Å². The van der Waals surface area contributed by atoms with Crippen molar-refractivity contribution in [2.45, 2.75) is 27.7 Å². The second-order valence-electron chi connectivity index (χ2n) is 5.98. The fraction of sp³-hybridized carbons (Fsp3) is 0.250. The molecule has 3 rings (SSSR count). The van der Waals surface area contributed by atoms with Gasteiger partial charge < -0.3 is 9.84 Å². The van der Waals surface area contributed by atoms with Crippen LogP contribution in [0.25, 0.3) is 5.76 Å². The molecule has 0 saturated heterocycles. The summed E-state index contributed by atoms with van der Waals surface area (Å²) in [6, 6.07) is 6.90. The molecule has 0 fully saturated rings. The lowest BCUT2D eigenvalue weighted by Crippen LogP contribution is -2.08. The van der Waals surface area contributed by atoms with E-state index in [2.05, 4.69) is 4.99 Å². The van der Waals surface area contributed by atoms with Crippen molar-refractivity contribution in [3.63, 3.8) is 0 Å². The third-order valence-electron chi connectivity index (χ3n) is 4.37. The maximum Gasteiger partial charge on any atom is 0.341 e. The minimum absolute atomic E-state index is 0.0745. The third-order valence-corrected chi connectivity index (χ3v) is 5.47. The van der Waals surface area contributed by atoms with Crippen LogP contribution in [0.4, 0.5) is 5.00 Å². The van der Waals surface area contributed by atoms with E-state index in [4.69, 9.17) is 4.74 Å². The van der Waals surface area contributed by atoms with E-state index in [9.17, 15) is 14.7 Å². The molecule has 0 radical (unpaired) electrons. The molecule has 134 valence electrons. The van der Waals surface area contributed by atoms with E-state index in [1.54, 1.807) is 38.1 Å². The van der Waals surface area contributed by atoms with E-state index in [1.807, 2.05) is 13.8 Å². The Bertz CT molecular complexity index is 982. The number of fused-ring (bicyclic) bond motifs is 1. The van der Waals surface area contributed by atoms with Crippen molar-refractivity contribution in [2.75, 3.05) is 6.61 Å². The molecule has 0 saturated carbocycles. The van der Waals surface area contributed by atoms with E-state index < -0.39 is 5.97 Å². The predicted octanol–water partition coefficient (Wildman–Crippen LogP) is 4.80. The molecule has 0 atom stereocenters. The highest BCUT2D eigenvalue weighted by Gasteiger charge is 2.31. The Balaban J connectivity index is 2.08. The second-order valence-corrected chi connectivity index (χ2v) is 7.18. The Morgan fingerprint density at radius 3 is 2.50 bits per heavy atom. The van der Waals surface area contributed by atoms with Crippen LogP contribution in [-0.2, 0) is 4.74 Å². The monoisotopic (exact) mass is 369 g/mol. The highest BCUT2D eigenvalue weighted by molar-refractivity contribution is 7.16. The number of aliphatic hydroxyl groups excluding tert-OH is 1. The van der Waals surface area contributed by atoms with Gasteiger partial charge in [0.05, 0.1) is 23.5 Å². The second kappa shape index (κ2) is 6.88. The summed E-state index contributed by atoms with van der Waals surface area (Å²) in [5.74, 6) is -0.767. The summed E-state index contributed by atoms with van der Waals surface area (Å²) >= 11 is 1.36. The molecule has 0 aliphatic heterocycles. The Morgan fingerprint density at radius 2 is 1.88 bits per heavy atom. The normalized spacial score (nSPS) is 14.0. The number of Topliss-reactive ketones (excluding diaryl/α,β-unsaturated/α-hetero) is 1. The molecule has 1 aromatic heterocycles. The molecular weight excluding hydrogens is 350 g/mol. The van der Waals surface area contributed by atoms with Crippen LogP contribution in [0, 0.1) is 13.8 Å². The van der Waals surface area contributed by atoms with Gasteiger partial charge in [-0.2, -0.15) is 0 Å². The Labute approximate surface area is 155 Å². The van der Waals surface area contributed by atoms with Crippen molar-refractivity contribution in [3.8, 4) is 0 Å². The number of esters is 1. The molecule has 1 N–H and O–H groups in total. The van der Waals surface area contributed by atoms with Crippen LogP contribution in [0.3, 0.4) is 0 Å². The van der Waals surface area contributed by atoms with Gasteiger partial charge in [-0.25, -0.2) is 9.79 Å². The van der Waals surface area contributed by atoms with Crippen molar-refractivity contribution in [1.82, 2.24) is 0 Å². The molecule has 0 spiro atoms. The molecule has 0 unspecified atom stereocenters. The number of ether oxygens (including phenoxy) is 1. The molecule has 26 heavy (non-hydrogen) atoms. The summed E-state index contributed by atoms with van der Waals surface area (Å²) in [6.45, 7) is 7.44. The van der Waals surface area contributed by atoms with Crippen LogP contribution in [-0.4, -0.2) is 29.2 Å². The summed E-state index contributed by atoms with van der Waals surface area (Å²) in [5.41, 5.74) is 2.74. The van der Waals surface area contributed by atoms with Crippen LogP contribution in [0.1, 0.15) is 50.6 Å². The van der Waals surface area contributed by atoms with Gasteiger partial charge in [0, 0.05) is 16.0 Å². The number of hydrogen-bond acceptors (Lipinski definition) is 6. The number of aliphatic hydroxyl groups is 1. The zero-order chi connectivity index (χ0) is 19.0. The van der Waals surface area contributed by atoms with E-state index in [0.717, 1.165) is 10.4 Å². The molecule has 1 aliphatic rings. The van der Waals surface area contributed by atoms with Gasteiger partial charge in [0.2, 0.25) is 0 Å². The van der Waals surface area contributed by atoms with E-state index in [1.165, 1.54) is 11.3 Å². The van der Waals surface area contributed by atoms with Gasteiger partial charge in [-0.15, -0.1) is 11.3 Å². The first-order valence-electron chi connectivity index (χ1n) is 8.26. The number of aryl methyl sites for hydroxylation is 1. The molecule has 0 bridgehead atoms. The van der Waals surface area contributed by atoms with Crippen LogP contribution < -0.4 is 0 Å². The first kappa shape index (κ1) is 18.1. The van der Waals surface area contributed by atoms with Gasteiger partial charge >= 0.3 is 5.97 Å². The third kappa shape index (κ3) is 2.86. The number of nitrogens with zero attached hydrogens (tertiary/aromatic N) is 1. The van der Waals surface area contributed by atoms with Crippen LogP contribution in [0.2, 0.25) is 0 Å². The van der Waals surface area contributed by atoms with Gasteiger partial charge in [0.15, 0.2) is 5.78 Å². The fourth-order valence-electron chi connectivity index (χ4n) is 2.94. The van der Waals surface area contributed by atoms with Gasteiger partial charge in [0.25, 0.3) is 0 Å². The molecule has 1 heterocycles. The number of hydrogen-bond donors (Lipinski definition) is 1. The van der Waals surface area contributed by atoms with Gasteiger partial charge in [-0.3, -0.25) is 4.79 Å². The first-order chi connectivity index (χ1) is 12.4. The number of carbonyl (C=O) groups excluding carboxylic acids is 2. The molecule has 2 aromatic rings. The van der Waals surface area contributed by atoms with E-state index in [-0.39, 0.29) is 23.7 Å². The molecule has 1 aromatic carbocycles. The predicted molar refractivity (Wildman–Crippen MR) is 103 cm³/mol. The SMILES string of the molecule is CCOC(=O)c1c(/N=C(\C)C2=C(O)c3ccccc3C2=O)sc(C)c1C. The van der Waals surface area contributed by atoms with Crippen molar-refractivity contribution < 1.29 is 19.4 Å². The number of allylic oxidation sites excluding steroid dienone is 1. The average Bonchev–Trinajstić information content (AvgIpc) is 3.02. The van der Waals surface area contributed by atoms with Crippen molar-refractivity contribution in [1.29, 1.82) is 0 Å². The first-order valence-corrected chi connectivity index (χ1v) is 9.08. The quantitative estimate of drug-likeness (QED) is 0.620. The number of ketones is 1. The standard InChI is InChI=1S/C20H19NO4S/c1-5-25-20(24)15-10(2)12(4)26-19(15)21-11(3)16-17(22)13-8-6-7-9-14(13)18(16)23/h6-9,22H,5H2,1-4H3/b21-11+. The molecule has 1 aliphatic carbocycles. The van der Waals surface area contributed by atoms with Gasteiger partial charge in [-0.05, 0) is 33.3 Å². The average molecular weight is 369 g/mol. The molecule has 0 amide bonds. The molecule has 6 heteroatoms. The molecular formula is C20H19NO4S. The number of carbonyl (C=O) groups is 2. The van der Waals surface area contributed by atoms with Crippen molar-refractivity contribution in [3.05, 3.63) is 57.0 Å². The Hall–Kier alpha value is -2.73. The summed E-state index contributed by atoms with van der Waals surface area (Å²) in [6.07, 6.45) is 0. The topological polar surface area (TPSA) is 76.0 Å². The lowest BCUT2D eigenvalue weighted by atomic mass is 10.1. The maximum atomic E-state index is 12.6. The minimum atomic E-state index is -0.430. The lowest BCUT2D eigenvalue weighted by Gasteiger charge is -2.04. The maximum absolute atomic E-state index is 12.6. The lowest BCUT2D eigenvalue weighted by molar-refractivity contribution is 0.0527. The largest absolute Gasteiger partial charge is 0.506 e. The minimum Gasteiger partial charge on any atom is -0.506 e. The van der Waals surface area contributed by atoms with E-state index >= 15 is 0 Å². The molecule has 5 nitrogen and oxygen atoms in total. The summed E-state index contributed by atoms with van der Waals surface area (Å²) in [4.78, 5) is 30.4.